The molecule has 120 valence electrons. The average molecular weight is 375 g/mol. The second kappa shape index (κ2) is 7.92. The molecule has 0 unspecified atom stereocenters. The smallest absolute Gasteiger partial charge is 0.255 e. The van der Waals surface area contributed by atoms with Crippen LogP contribution in [0.5, 0.6) is 0 Å². The van der Waals surface area contributed by atoms with Crippen LogP contribution in [0.2, 0.25) is 0 Å². The van der Waals surface area contributed by atoms with Gasteiger partial charge in [0, 0.05) is 27.8 Å². The Morgan fingerprint density at radius 2 is 1.74 bits per heavy atom. The summed E-state index contributed by atoms with van der Waals surface area (Å²) < 4.78 is 0.894. The van der Waals surface area contributed by atoms with Gasteiger partial charge in [0.15, 0.2) is 0 Å². The number of aryl methyl sites for hydroxylation is 1. The van der Waals surface area contributed by atoms with Gasteiger partial charge < -0.3 is 10.6 Å². The minimum absolute atomic E-state index is 0.0292. The summed E-state index contributed by atoms with van der Waals surface area (Å²) in [6.07, 6.45) is 1.28. The molecule has 0 heterocycles. The lowest BCUT2D eigenvalue weighted by Gasteiger charge is -2.09. The van der Waals surface area contributed by atoms with Gasteiger partial charge in [-0.15, -0.1) is 0 Å². The SMILES string of the molecule is CCCC(=O)Nc1cccc(NC(=O)c2ccc(C)c(Br)c2)c1. The van der Waals surface area contributed by atoms with E-state index in [1.807, 2.05) is 19.9 Å². The molecule has 0 aliphatic heterocycles. The van der Waals surface area contributed by atoms with Gasteiger partial charge in [0.25, 0.3) is 5.91 Å². The predicted molar refractivity (Wildman–Crippen MR) is 96.8 cm³/mol. The molecule has 0 atom stereocenters. The molecule has 0 aromatic heterocycles. The van der Waals surface area contributed by atoms with Gasteiger partial charge >= 0.3 is 0 Å². The first-order chi connectivity index (χ1) is 11.0. The van der Waals surface area contributed by atoms with E-state index in [-0.39, 0.29) is 11.8 Å². The van der Waals surface area contributed by atoms with Gasteiger partial charge in [-0.25, -0.2) is 0 Å². The first-order valence-corrected chi connectivity index (χ1v) is 8.26. The van der Waals surface area contributed by atoms with Gasteiger partial charge in [0.05, 0.1) is 0 Å². The van der Waals surface area contributed by atoms with E-state index >= 15 is 0 Å². The highest BCUT2D eigenvalue weighted by Gasteiger charge is 2.08. The summed E-state index contributed by atoms with van der Waals surface area (Å²) >= 11 is 3.43. The topological polar surface area (TPSA) is 58.2 Å². The molecule has 0 spiro atoms. The van der Waals surface area contributed by atoms with Crippen LogP contribution in [-0.2, 0) is 4.79 Å². The second-order valence-corrected chi connectivity index (χ2v) is 6.15. The highest BCUT2D eigenvalue weighted by atomic mass is 79.9. The van der Waals surface area contributed by atoms with Crippen LogP contribution in [0.1, 0.15) is 35.7 Å². The summed E-state index contributed by atoms with van der Waals surface area (Å²) in [6.45, 7) is 3.92. The highest BCUT2D eigenvalue weighted by molar-refractivity contribution is 9.10. The quantitative estimate of drug-likeness (QED) is 0.793. The van der Waals surface area contributed by atoms with Crippen molar-refractivity contribution < 1.29 is 9.59 Å². The maximum absolute atomic E-state index is 12.3. The zero-order valence-electron chi connectivity index (χ0n) is 13.2. The molecule has 2 aromatic rings. The molecule has 2 amide bonds. The monoisotopic (exact) mass is 374 g/mol. The fraction of sp³-hybridized carbons (Fsp3) is 0.222. The molecule has 0 fully saturated rings. The first kappa shape index (κ1) is 17.2. The number of amides is 2. The zero-order valence-corrected chi connectivity index (χ0v) is 14.7. The first-order valence-electron chi connectivity index (χ1n) is 7.47. The van der Waals surface area contributed by atoms with Crippen LogP contribution in [0, 0.1) is 6.92 Å². The predicted octanol–water partition coefficient (Wildman–Crippen LogP) is 4.75. The normalized spacial score (nSPS) is 10.2. The average Bonchev–Trinajstić information content (AvgIpc) is 2.50. The number of halogens is 1. The van der Waals surface area contributed by atoms with Crippen LogP contribution >= 0.6 is 15.9 Å². The van der Waals surface area contributed by atoms with Crippen LogP contribution in [0.3, 0.4) is 0 Å². The van der Waals surface area contributed by atoms with E-state index < -0.39 is 0 Å². The molecule has 2 rings (SSSR count). The van der Waals surface area contributed by atoms with Gasteiger partial charge in [-0.1, -0.05) is 35.0 Å². The summed E-state index contributed by atoms with van der Waals surface area (Å²) in [5.41, 5.74) is 2.96. The van der Waals surface area contributed by atoms with Gasteiger partial charge in [-0.2, -0.15) is 0 Å². The Morgan fingerprint density at radius 1 is 1.04 bits per heavy atom. The van der Waals surface area contributed by atoms with Crippen LogP contribution in [0.15, 0.2) is 46.9 Å². The molecule has 0 saturated heterocycles. The lowest BCUT2D eigenvalue weighted by Crippen LogP contribution is -2.13. The molecule has 0 aliphatic rings. The van der Waals surface area contributed by atoms with Crippen molar-refractivity contribution in [2.24, 2.45) is 0 Å². The number of rotatable bonds is 5. The van der Waals surface area contributed by atoms with Crippen molar-refractivity contribution in [3.63, 3.8) is 0 Å². The fourth-order valence-electron chi connectivity index (χ4n) is 2.06. The second-order valence-electron chi connectivity index (χ2n) is 5.30. The van der Waals surface area contributed by atoms with E-state index in [2.05, 4.69) is 26.6 Å². The molecular weight excluding hydrogens is 356 g/mol. The highest BCUT2D eigenvalue weighted by Crippen LogP contribution is 2.20. The van der Waals surface area contributed by atoms with Gasteiger partial charge in [-0.3, -0.25) is 9.59 Å². The molecule has 0 saturated carbocycles. The van der Waals surface area contributed by atoms with Crippen molar-refractivity contribution in [1.82, 2.24) is 0 Å². The maximum Gasteiger partial charge on any atom is 0.255 e. The number of carbonyl (C=O) groups is 2. The molecule has 0 aliphatic carbocycles. The molecular formula is C18H19BrN2O2. The van der Waals surface area contributed by atoms with Crippen molar-refractivity contribution in [2.75, 3.05) is 10.6 Å². The van der Waals surface area contributed by atoms with E-state index in [0.29, 0.717) is 23.4 Å². The molecule has 4 nitrogen and oxygen atoms in total. The van der Waals surface area contributed by atoms with Gasteiger partial charge in [0.2, 0.25) is 5.91 Å². The number of benzene rings is 2. The summed E-state index contributed by atoms with van der Waals surface area (Å²) in [7, 11) is 0. The van der Waals surface area contributed by atoms with Crippen molar-refractivity contribution >= 4 is 39.1 Å². The third-order valence-corrected chi connectivity index (χ3v) is 4.17. The van der Waals surface area contributed by atoms with Crippen LogP contribution in [0.25, 0.3) is 0 Å². The number of hydrogen-bond acceptors (Lipinski definition) is 2. The Morgan fingerprint density at radius 3 is 2.39 bits per heavy atom. The molecule has 2 N–H and O–H groups in total. The lowest BCUT2D eigenvalue weighted by molar-refractivity contribution is -0.116. The Bertz CT molecular complexity index is 729. The number of nitrogens with one attached hydrogen (secondary N) is 2. The summed E-state index contributed by atoms with van der Waals surface area (Å²) in [5, 5.41) is 5.65. The Kier molecular flexibility index (Phi) is 5.93. The van der Waals surface area contributed by atoms with Crippen molar-refractivity contribution in [2.45, 2.75) is 26.7 Å². The van der Waals surface area contributed by atoms with Gasteiger partial charge in [-0.05, 0) is 49.2 Å². The minimum Gasteiger partial charge on any atom is -0.326 e. The summed E-state index contributed by atoms with van der Waals surface area (Å²) in [4.78, 5) is 23.9. The number of anilines is 2. The van der Waals surface area contributed by atoms with Crippen LogP contribution in [0.4, 0.5) is 11.4 Å². The Balaban J connectivity index is 2.08. The van der Waals surface area contributed by atoms with E-state index in [1.165, 1.54) is 0 Å². The third-order valence-electron chi connectivity index (χ3n) is 3.32. The zero-order chi connectivity index (χ0) is 16.8. The Hall–Kier alpha value is -2.14. The number of hydrogen-bond donors (Lipinski definition) is 2. The molecule has 0 bridgehead atoms. The van der Waals surface area contributed by atoms with Crippen LogP contribution in [-0.4, -0.2) is 11.8 Å². The molecule has 0 radical (unpaired) electrons. The third kappa shape index (κ3) is 4.93. The van der Waals surface area contributed by atoms with Crippen molar-refractivity contribution in [3.05, 3.63) is 58.1 Å². The van der Waals surface area contributed by atoms with E-state index in [4.69, 9.17) is 0 Å². The largest absolute Gasteiger partial charge is 0.326 e. The van der Waals surface area contributed by atoms with Crippen LogP contribution < -0.4 is 10.6 Å². The standard InChI is InChI=1S/C18H19BrN2O2/c1-3-5-17(22)20-14-6-4-7-15(11-14)21-18(23)13-9-8-12(2)16(19)10-13/h4,6-11H,3,5H2,1-2H3,(H,20,22)(H,21,23). The fourth-order valence-corrected chi connectivity index (χ4v) is 2.44. The number of carbonyl (C=O) groups excluding carboxylic acids is 2. The lowest BCUT2D eigenvalue weighted by atomic mass is 10.1. The van der Waals surface area contributed by atoms with E-state index in [9.17, 15) is 9.59 Å². The summed E-state index contributed by atoms with van der Waals surface area (Å²) in [5.74, 6) is -0.221. The van der Waals surface area contributed by atoms with Crippen molar-refractivity contribution in [1.29, 1.82) is 0 Å². The van der Waals surface area contributed by atoms with E-state index in [0.717, 1.165) is 16.5 Å². The van der Waals surface area contributed by atoms with Crippen molar-refractivity contribution in [3.8, 4) is 0 Å². The molecule has 2 aromatic carbocycles. The summed E-state index contributed by atoms with van der Waals surface area (Å²) in [6, 6.07) is 12.6. The molecule has 23 heavy (non-hydrogen) atoms. The van der Waals surface area contributed by atoms with Gasteiger partial charge in [0.1, 0.15) is 0 Å². The molecule has 5 heteroatoms. The minimum atomic E-state index is -0.192. The maximum atomic E-state index is 12.3. The van der Waals surface area contributed by atoms with E-state index in [1.54, 1.807) is 36.4 Å². The Labute approximate surface area is 144 Å².